The van der Waals surface area contributed by atoms with Crippen molar-refractivity contribution in [3.63, 3.8) is 0 Å². The molecule has 13 heteroatoms. The van der Waals surface area contributed by atoms with Crippen LogP contribution < -0.4 is 10.5 Å². The van der Waals surface area contributed by atoms with Gasteiger partial charge in [0.05, 0.1) is 24.2 Å². The van der Waals surface area contributed by atoms with E-state index in [4.69, 9.17) is 26.8 Å². The normalized spacial score (nSPS) is 15.6. The fraction of sp³-hybridized carbons (Fsp3) is 0.409. The van der Waals surface area contributed by atoms with Crippen LogP contribution in [0.15, 0.2) is 41.3 Å². The Morgan fingerprint density at radius 3 is 2.37 bits per heavy atom. The van der Waals surface area contributed by atoms with Gasteiger partial charge in [0.1, 0.15) is 5.75 Å². The number of rotatable bonds is 10. The smallest absolute Gasteiger partial charge is 0.289 e. The molecule has 0 aliphatic carbocycles. The van der Waals surface area contributed by atoms with E-state index < -0.39 is 48.7 Å². The third-order valence-electron chi connectivity index (χ3n) is 5.38. The lowest BCUT2D eigenvalue weighted by molar-refractivity contribution is -0.147. The molecule has 1 aliphatic heterocycles. The highest BCUT2D eigenvalue weighted by Gasteiger charge is 2.33. The monoisotopic (exact) mass is 533 g/mol. The van der Waals surface area contributed by atoms with Gasteiger partial charge in [0.2, 0.25) is 0 Å². The molecule has 0 spiro atoms. The minimum Gasteiger partial charge on any atom is -0.451 e. The number of amides is 1. The molecule has 3 N–H and O–H groups in total. The lowest BCUT2D eigenvalue weighted by atomic mass is 10.1. The number of nitrogens with two attached hydrogens (primary N) is 1. The summed E-state index contributed by atoms with van der Waals surface area (Å²) in [6, 6.07) is 5.16. The van der Waals surface area contributed by atoms with Gasteiger partial charge in [0.15, 0.2) is 17.4 Å². The Morgan fingerprint density at radius 2 is 1.77 bits per heavy atom. The summed E-state index contributed by atoms with van der Waals surface area (Å²) in [6.45, 7) is 3.71. The minimum absolute atomic E-state index is 0.0568. The summed E-state index contributed by atoms with van der Waals surface area (Å²) < 4.78 is 64.1. The molecule has 1 fully saturated rings. The quantitative estimate of drug-likeness (QED) is 0.271. The van der Waals surface area contributed by atoms with Crippen LogP contribution in [0, 0.1) is 11.6 Å². The van der Waals surface area contributed by atoms with E-state index in [-0.39, 0.29) is 12.2 Å². The molecular weight excluding hydrogens is 508 g/mol. The Hall–Kier alpha value is -2.35. The van der Waals surface area contributed by atoms with Crippen molar-refractivity contribution in [1.82, 2.24) is 9.37 Å². The second-order valence-electron chi connectivity index (χ2n) is 7.91. The topological polar surface area (TPSA) is 122 Å². The molecule has 0 bridgehead atoms. The van der Waals surface area contributed by atoms with Gasteiger partial charge in [0.25, 0.3) is 15.9 Å². The second kappa shape index (κ2) is 12.1. The number of morpholine rings is 1. The number of benzene rings is 2. The van der Waals surface area contributed by atoms with Gasteiger partial charge in [-0.05, 0) is 55.8 Å². The molecule has 2 aromatic carbocycles. The predicted octanol–water partition coefficient (Wildman–Crippen LogP) is 3.15. The summed E-state index contributed by atoms with van der Waals surface area (Å²) in [5.41, 5.74) is 5.77. The summed E-state index contributed by atoms with van der Waals surface area (Å²) in [5.74, 6) is -4.82. The van der Waals surface area contributed by atoms with Gasteiger partial charge >= 0.3 is 0 Å². The summed E-state index contributed by atoms with van der Waals surface area (Å²) in [7, 11) is -4.99. The van der Waals surface area contributed by atoms with Crippen LogP contribution in [0.2, 0.25) is 5.02 Å². The van der Waals surface area contributed by atoms with Gasteiger partial charge in [-0.15, -0.1) is 4.47 Å². The number of ether oxygens (including phenoxy) is 2. The Balaban J connectivity index is 1.62. The van der Waals surface area contributed by atoms with E-state index in [0.29, 0.717) is 43.2 Å². The number of hydrogen-bond acceptors (Lipinski definition) is 8. The van der Waals surface area contributed by atoms with E-state index in [9.17, 15) is 27.2 Å². The van der Waals surface area contributed by atoms with Crippen molar-refractivity contribution in [2.45, 2.75) is 30.2 Å². The van der Waals surface area contributed by atoms with Gasteiger partial charge in [-0.1, -0.05) is 18.0 Å². The average molecular weight is 534 g/mol. The highest BCUT2D eigenvalue weighted by molar-refractivity contribution is 7.89. The van der Waals surface area contributed by atoms with E-state index in [1.54, 1.807) is 0 Å². The van der Waals surface area contributed by atoms with E-state index in [0.717, 1.165) is 19.6 Å². The first-order valence-electron chi connectivity index (χ1n) is 10.9. The third-order valence-corrected chi connectivity index (χ3v) is 7.10. The Kier molecular flexibility index (Phi) is 9.39. The predicted molar refractivity (Wildman–Crippen MR) is 123 cm³/mol. The fourth-order valence-electron chi connectivity index (χ4n) is 3.41. The maximum atomic E-state index is 14.5. The molecule has 1 heterocycles. The first kappa shape index (κ1) is 27.2. The van der Waals surface area contributed by atoms with Crippen molar-refractivity contribution >= 4 is 27.5 Å². The van der Waals surface area contributed by atoms with Crippen molar-refractivity contribution in [2.24, 2.45) is 5.73 Å². The molecule has 0 radical (unpaired) electrons. The van der Waals surface area contributed by atoms with E-state index >= 15 is 0 Å². The lowest BCUT2D eigenvalue weighted by Crippen LogP contribution is -2.45. The third kappa shape index (κ3) is 7.09. The fourth-order valence-corrected chi connectivity index (χ4v) is 4.61. The van der Waals surface area contributed by atoms with Crippen molar-refractivity contribution < 1.29 is 36.7 Å². The number of carbonyl (C=O) groups is 1. The van der Waals surface area contributed by atoms with Gasteiger partial charge < -0.3 is 15.2 Å². The summed E-state index contributed by atoms with van der Waals surface area (Å²) in [5, 5.41) is 10.4. The molecule has 9 nitrogen and oxygen atoms in total. The first-order chi connectivity index (χ1) is 16.6. The number of nitrogens with zero attached hydrogens (tertiary/aromatic N) is 2. The van der Waals surface area contributed by atoms with E-state index in [1.807, 2.05) is 0 Å². The zero-order valence-electron chi connectivity index (χ0n) is 18.7. The standard InChI is InChI=1S/C22H26ClF2N3O6S/c23-15-4-6-16(7-5-15)34-21-18(24)13-17(14-19(21)25)35(31,32)28(30)22(29)20(26)3-1-2-8-27-9-11-33-12-10-27/h4-7,13-14,20,30H,1-3,8-12,26H2/t20-/m1/s1. The molecule has 1 amide bonds. The number of sulfonamides is 1. The minimum atomic E-state index is -4.99. The first-order valence-corrected chi connectivity index (χ1v) is 12.7. The molecule has 1 saturated heterocycles. The van der Waals surface area contributed by atoms with E-state index in [2.05, 4.69) is 4.90 Å². The number of carbonyl (C=O) groups excluding carboxylic acids is 1. The molecule has 35 heavy (non-hydrogen) atoms. The summed E-state index contributed by atoms with van der Waals surface area (Å²) >= 11 is 5.75. The largest absolute Gasteiger partial charge is 0.451 e. The summed E-state index contributed by atoms with van der Waals surface area (Å²) in [6.07, 6.45) is 1.34. The van der Waals surface area contributed by atoms with Crippen molar-refractivity contribution in [2.75, 3.05) is 32.8 Å². The highest BCUT2D eigenvalue weighted by Crippen LogP contribution is 2.31. The van der Waals surface area contributed by atoms with Crippen LogP contribution >= 0.6 is 11.6 Å². The Morgan fingerprint density at radius 1 is 1.17 bits per heavy atom. The maximum Gasteiger partial charge on any atom is 0.289 e. The van der Waals surface area contributed by atoms with Crippen LogP contribution in [0.5, 0.6) is 11.5 Å². The zero-order valence-corrected chi connectivity index (χ0v) is 20.3. The van der Waals surface area contributed by atoms with Crippen LogP contribution in [0.4, 0.5) is 8.78 Å². The average Bonchev–Trinajstić information content (AvgIpc) is 2.84. The molecule has 1 aliphatic rings. The van der Waals surface area contributed by atoms with Gasteiger partial charge in [0, 0.05) is 18.1 Å². The van der Waals surface area contributed by atoms with Crippen LogP contribution in [0.25, 0.3) is 0 Å². The van der Waals surface area contributed by atoms with Crippen LogP contribution in [-0.2, 0) is 19.6 Å². The number of hydroxylamine groups is 1. The van der Waals surface area contributed by atoms with Gasteiger partial charge in [-0.2, -0.15) is 8.42 Å². The molecule has 0 unspecified atom stereocenters. The number of hydrogen-bond donors (Lipinski definition) is 2. The molecular formula is C22H26ClF2N3O6S. The lowest BCUT2D eigenvalue weighted by Gasteiger charge is -2.26. The number of halogens is 3. The molecule has 2 aromatic rings. The SMILES string of the molecule is N[C@H](CCCCN1CCOCC1)C(=O)N(O)S(=O)(=O)c1cc(F)c(Oc2ccc(Cl)cc2)c(F)c1. The van der Waals surface area contributed by atoms with Gasteiger partial charge in [-0.25, -0.2) is 8.78 Å². The molecule has 0 saturated carbocycles. The van der Waals surface area contributed by atoms with Crippen LogP contribution in [0.3, 0.4) is 0 Å². The summed E-state index contributed by atoms with van der Waals surface area (Å²) in [4.78, 5) is 13.6. The van der Waals surface area contributed by atoms with Crippen molar-refractivity contribution in [3.05, 3.63) is 53.1 Å². The Labute approximate surface area is 207 Å². The van der Waals surface area contributed by atoms with Crippen molar-refractivity contribution in [1.29, 1.82) is 0 Å². The number of unbranched alkanes of at least 4 members (excludes halogenated alkanes) is 1. The molecule has 1 atom stereocenters. The molecule has 192 valence electrons. The highest BCUT2D eigenvalue weighted by atomic mass is 35.5. The van der Waals surface area contributed by atoms with Gasteiger partial charge in [-0.3, -0.25) is 14.9 Å². The van der Waals surface area contributed by atoms with E-state index in [1.165, 1.54) is 24.3 Å². The zero-order chi connectivity index (χ0) is 25.6. The maximum absolute atomic E-state index is 14.5. The van der Waals surface area contributed by atoms with Crippen molar-refractivity contribution in [3.8, 4) is 11.5 Å². The Bertz CT molecular complexity index is 1110. The second-order valence-corrected chi connectivity index (χ2v) is 10.1. The van der Waals surface area contributed by atoms with Crippen LogP contribution in [0.1, 0.15) is 19.3 Å². The molecule has 0 aromatic heterocycles. The van der Waals surface area contributed by atoms with Crippen LogP contribution in [-0.4, -0.2) is 67.8 Å². The molecule has 3 rings (SSSR count).